The molecule has 5 nitrogen and oxygen atoms in total. The average Bonchev–Trinajstić information content (AvgIpc) is 2.80. The van der Waals surface area contributed by atoms with Crippen molar-refractivity contribution >= 4 is 23.3 Å². The van der Waals surface area contributed by atoms with E-state index in [9.17, 15) is 0 Å². The second kappa shape index (κ2) is 6.04. The molecule has 2 heterocycles. The Hall–Kier alpha value is -1.05. The van der Waals surface area contributed by atoms with Gasteiger partial charge in [-0.3, -0.25) is 0 Å². The van der Waals surface area contributed by atoms with Crippen LogP contribution in [0.1, 0.15) is 18.3 Å². The number of hydrogen-bond donors (Lipinski definition) is 1. The van der Waals surface area contributed by atoms with Crippen LogP contribution in [-0.4, -0.2) is 26.4 Å². The maximum absolute atomic E-state index is 4.36. The van der Waals surface area contributed by atoms with E-state index in [-0.39, 0.29) is 0 Å². The maximum atomic E-state index is 4.36. The molecule has 2 aromatic heterocycles. The predicted octanol–water partition coefficient (Wildman–Crippen LogP) is 1.76. The van der Waals surface area contributed by atoms with Gasteiger partial charge in [-0.1, -0.05) is 6.92 Å². The van der Waals surface area contributed by atoms with Crippen LogP contribution in [-0.2, 0) is 13.0 Å². The van der Waals surface area contributed by atoms with Gasteiger partial charge in [0.1, 0.15) is 5.82 Å². The van der Waals surface area contributed by atoms with E-state index in [0.29, 0.717) is 5.16 Å². The lowest BCUT2D eigenvalue weighted by Gasteiger charge is -1.99. The minimum atomic E-state index is 0.712. The summed E-state index contributed by atoms with van der Waals surface area (Å²) in [6.45, 7) is 2.82. The third kappa shape index (κ3) is 3.45. The number of aryl methyl sites for hydroxylation is 1. The number of nitrogens with one attached hydrogen (secondary N) is 1. The minimum Gasteiger partial charge on any atom is -0.316 e. The Bertz CT molecular complexity index is 468. The maximum Gasteiger partial charge on any atom is 0.194 e. The van der Waals surface area contributed by atoms with Crippen molar-refractivity contribution in [3.05, 3.63) is 23.8 Å². The fraction of sp³-hybridized carbons (Fsp3) is 0.400. The number of rotatable bonds is 5. The van der Waals surface area contributed by atoms with E-state index in [1.54, 1.807) is 0 Å². The molecule has 2 aromatic rings. The van der Waals surface area contributed by atoms with Crippen molar-refractivity contribution in [2.45, 2.75) is 29.4 Å². The zero-order valence-corrected chi connectivity index (χ0v) is 11.3. The van der Waals surface area contributed by atoms with Gasteiger partial charge < -0.3 is 5.32 Å². The lowest BCUT2D eigenvalue weighted by atomic mass is 10.3. The summed E-state index contributed by atoms with van der Waals surface area (Å²) >= 11 is 2.85. The first kappa shape index (κ1) is 12.4. The Morgan fingerprint density at radius 2 is 2.12 bits per heavy atom. The van der Waals surface area contributed by atoms with Crippen LogP contribution in [0.4, 0.5) is 0 Å². The molecule has 0 spiro atoms. The summed E-state index contributed by atoms with van der Waals surface area (Å²) in [5, 5.41) is 3.77. The molecule has 0 aliphatic rings. The Balaban J connectivity index is 2.03. The lowest BCUT2D eigenvalue weighted by molar-refractivity contribution is 0.793. The van der Waals surface area contributed by atoms with Gasteiger partial charge in [-0.15, -0.1) is 0 Å². The highest BCUT2D eigenvalue weighted by Gasteiger charge is 2.06. The van der Waals surface area contributed by atoms with Gasteiger partial charge in [-0.2, -0.15) is 4.37 Å². The molecule has 0 saturated heterocycles. The van der Waals surface area contributed by atoms with E-state index in [2.05, 4.69) is 24.6 Å². The molecule has 7 heteroatoms. The second-order valence-corrected chi connectivity index (χ2v) is 5.30. The van der Waals surface area contributed by atoms with E-state index in [1.165, 1.54) is 23.3 Å². The molecule has 90 valence electrons. The molecular formula is C10H13N5S2. The highest BCUT2D eigenvalue weighted by Crippen LogP contribution is 2.25. The second-order valence-electron chi connectivity index (χ2n) is 3.34. The molecule has 0 amide bonds. The van der Waals surface area contributed by atoms with Crippen molar-refractivity contribution in [2.24, 2.45) is 0 Å². The summed E-state index contributed by atoms with van der Waals surface area (Å²) < 4.78 is 5.11. The van der Waals surface area contributed by atoms with Crippen molar-refractivity contribution < 1.29 is 0 Å². The fourth-order valence-electron chi connectivity index (χ4n) is 1.19. The summed E-state index contributed by atoms with van der Waals surface area (Å²) in [7, 11) is 1.90. The van der Waals surface area contributed by atoms with Gasteiger partial charge in [-0.05, 0) is 30.3 Å². The lowest BCUT2D eigenvalue weighted by Crippen LogP contribution is -2.05. The molecule has 0 aliphatic carbocycles. The molecule has 1 N–H and O–H groups in total. The van der Waals surface area contributed by atoms with Gasteiger partial charge in [0, 0.05) is 30.9 Å². The average molecular weight is 267 g/mol. The van der Waals surface area contributed by atoms with Crippen molar-refractivity contribution in [3.63, 3.8) is 0 Å². The summed E-state index contributed by atoms with van der Waals surface area (Å²) in [6.07, 6.45) is 4.51. The normalized spacial score (nSPS) is 10.7. The van der Waals surface area contributed by atoms with Gasteiger partial charge >= 0.3 is 0 Å². The van der Waals surface area contributed by atoms with Crippen LogP contribution < -0.4 is 5.32 Å². The van der Waals surface area contributed by atoms with Gasteiger partial charge in [0.25, 0.3) is 0 Å². The Kier molecular flexibility index (Phi) is 4.41. The van der Waals surface area contributed by atoms with Crippen molar-refractivity contribution in [1.29, 1.82) is 0 Å². The first-order chi connectivity index (χ1) is 8.31. The molecule has 0 unspecified atom stereocenters. The van der Waals surface area contributed by atoms with Crippen LogP contribution in [0.25, 0.3) is 0 Å². The van der Waals surface area contributed by atoms with E-state index in [4.69, 9.17) is 0 Å². The molecule has 0 atom stereocenters. The summed E-state index contributed by atoms with van der Waals surface area (Å²) in [6, 6.07) is 0. The van der Waals surface area contributed by atoms with Crippen LogP contribution in [0, 0.1) is 0 Å². The van der Waals surface area contributed by atoms with Crippen LogP contribution in [0.5, 0.6) is 0 Å². The fourth-order valence-corrected chi connectivity index (χ4v) is 2.69. The quantitative estimate of drug-likeness (QED) is 0.833. The molecular weight excluding hydrogens is 254 g/mol. The Morgan fingerprint density at radius 1 is 1.35 bits per heavy atom. The van der Waals surface area contributed by atoms with E-state index in [1.807, 2.05) is 26.4 Å². The molecule has 0 saturated carbocycles. The van der Waals surface area contributed by atoms with E-state index < -0.39 is 0 Å². The topological polar surface area (TPSA) is 63.6 Å². The summed E-state index contributed by atoms with van der Waals surface area (Å²) in [4.78, 5) is 12.9. The minimum absolute atomic E-state index is 0.712. The van der Waals surface area contributed by atoms with Crippen molar-refractivity contribution in [1.82, 2.24) is 24.6 Å². The van der Waals surface area contributed by atoms with Crippen LogP contribution >= 0.6 is 23.3 Å². The third-order valence-electron chi connectivity index (χ3n) is 2.01. The number of nitrogens with zero attached hydrogens (tertiary/aromatic N) is 4. The zero-order chi connectivity index (χ0) is 12.1. The van der Waals surface area contributed by atoms with Gasteiger partial charge in [-0.25, -0.2) is 15.0 Å². The number of hydrogen-bond acceptors (Lipinski definition) is 7. The van der Waals surface area contributed by atoms with Crippen molar-refractivity contribution in [3.8, 4) is 0 Å². The van der Waals surface area contributed by atoms with Gasteiger partial charge in [0.2, 0.25) is 0 Å². The Labute approximate surface area is 108 Å². The SMILES string of the molecule is CCc1nsc(Sc2ncc(CNC)cn2)n1. The van der Waals surface area contributed by atoms with Crippen LogP contribution in [0.15, 0.2) is 21.9 Å². The highest BCUT2D eigenvalue weighted by atomic mass is 32.2. The van der Waals surface area contributed by atoms with E-state index >= 15 is 0 Å². The van der Waals surface area contributed by atoms with Crippen LogP contribution in [0.3, 0.4) is 0 Å². The Morgan fingerprint density at radius 3 is 2.71 bits per heavy atom. The summed E-state index contributed by atoms with van der Waals surface area (Å²) in [5.74, 6) is 0.879. The van der Waals surface area contributed by atoms with Crippen LogP contribution in [0.2, 0.25) is 0 Å². The highest BCUT2D eigenvalue weighted by molar-refractivity contribution is 8.00. The first-order valence-electron chi connectivity index (χ1n) is 5.27. The summed E-state index contributed by atoms with van der Waals surface area (Å²) in [5.41, 5.74) is 1.07. The molecule has 0 radical (unpaired) electrons. The predicted molar refractivity (Wildman–Crippen MR) is 68.2 cm³/mol. The zero-order valence-electron chi connectivity index (χ0n) is 9.67. The molecule has 17 heavy (non-hydrogen) atoms. The molecule has 2 rings (SSSR count). The third-order valence-corrected chi connectivity index (χ3v) is 3.69. The standard InChI is InChI=1S/C10H13N5S2/c1-3-8-14-10(17-15-8)16-9-12-5-7(4-11-2)6-13-9/h5-6,11H,3-4H2,1-2H3. The molecule has 0 bridgehead atoms. The van der Waals surface area contributed by atoms with Gasteiger partial charge in [0.15, 0.2) is 9.50 Å². The van der Waals surface area contributed by atoms with Crippen molar-refractivity contribution in [2.75, 3.05) is 7.05 Å². The molecule has 0 fully saturated rings. The first-order valence-corrected chi connectivity index (χ1v) is 6.86. The molecule has 0 aromatic carbocycles. The van der Waals surface area contributed by atoms with E-state index in [0.717, 1.165) is 28.7 Å². The monoisotopic (exact) mass is 267 g/mol. The largest absolute Gasteiger partial charge is 0.316 e. The number of aromatic nitrogens is 4. The molecule has 0 aliphatic heterocycles. The smallest absolute Gasteiger partial charge is 0.194 e. The van der Waals surface area contributed by atoms with Gasteiger partial charge in [0.05, 0.1) is 0 Å².